The highest BCUT2D eigenvalue weighted by Crippen LogP contribution is 2.27. The maximum Gasteiger partial charge on any atom is 0.291 e. The predicted octanol–water partition coefficient (Wildman–Crippen LogP) is 7.08. The van der Waals surface area contributed by atoms with E-state index in [4.69, 9.17) is 14.1 Å². The van der Waals surface area contributed by atoms with E-state index in [2.05, 4.69) is 22.8 Å². The molecule has 0 radical (unpaired) electrons. The van der Waals surface area contributed by atoms with Crippen molar-refractivity contribution >= 4 is 34.1 Å². The molecule has 2 heterocycles. The zero-order chi connectivity index (χ0) is 28.6. The largest absolute Gasteiger partial charge is 0.494 e. The summed E-state index contributed by atoms with van der Waals surface area (Å²) in [4.78, 5) is 30.4. The Balaban J connectivity index is 1.34. The molecule has 2 amide bonds. The molecular weight excluding hydrogens is 516 g/mol. The van der Waals surface area contributed by atoms with Crippen molar-refractivity contribution in [1.82, 2.24) is 10.4 Å². The number of unbranched alkanes of at least 4 members (excludes halogenated alkanes) is 1. The number of para-hydroxylation sites is 1. The van der Waals surface area contributed by atoms with Crippen molar-refractivity contribution in [2.75, 3.05) is 11.9 Å². The molecular formula is C33H30N4O4. The first-order chi connectivity index (χ1) is 20.0. The molecule has 8 nitrogen and oxygen atoms in total. The molecule has 0 saturated carbocycles. The Bertz CT molecular complexity index is 1690. The topological polar surface area (TPSA) is 106 Å². The van der Waals surface area contributed by atoms with Gasteiger partial charge in [-0.25, -0.2) is 10.4 Å². The van der Waals surface area contributed by atoms with Crippen molar-refractivity contribution in [2.24, 2.45) is 5.10 Å². The summed E-state index contributed by atoms with van der Waals surface area (Å²) >= 11 is 0. The van der Waals surface area contributed by atoms with Crippen molar-refractivity contribution in [3.05, 3.63) is 114 Å². The molecule has 5 rings (SSSR count). The number of nitrogens with zero attached hydrogens (tertiary/aromatic N) is 2. The van der Waals surface area contributed by atoms with Gasteiger partial charge in [-0.1, -0.05) is 55.8 Å². The van der Waals surface area contributed by atoms with Crippen LogP contribution in [0.2, 0.25) is 0 Å². The van der Waals surface area contributed by atoms with E-state index in [-0.39, 0.29) is 17.6 Å². The monoisotopic (exact) mass is 546 g/mol. The highest BCUT2D eigenvalue weighted by molar-refractivity contribution is 6.08. The number of anilines is 1. The molecule has 2 aromatic heterocycles. The SMILES string of the molecule is CCCCOc1cccc(-c2cc(C(=O)N/N=C(/C)c3ccc(NC(=O)c4ccco4)cc3)c3ccccc3n2)c1. The minimum absolute atomic E-state index is 0.231. The molecule has 0 unspecified atom stereocenters. The van der Waals surface area contributed by atoms with Crippen LogP contribution in [0.25, 0.3) is 22.2 Å². The number of furan rings is 1. The molecule has 0 aliphatic heterocycles. The zero-order valence-corrected chi connectivity index (χ0v) is 22.9. The summed E-state index contributed by atoms with van der Waals surface area (Å²) in [7, 11) is 0. The number of carbonyl (C=O) groups excluding carboxylic acids is 2. The van der Waals surface area contributed by atoms with Gasteiger partial charge in [-0.3, -0.25) is 9.59 Å². The number of hydrogen-bond acceptors (Lipinski definition) is 6. The number of rotatable bonds is 10. The number of benzene rings is 3. The van der Waals surface area contributed by atoms with Crippen LogP contribution in [0.3, 0.4) is 0 Å². The molecule has 0 saturated heterocycles. The van der Waals surface area contributed by atoms with Gasteiger partial charge in [0.05, 0.1) is 35.4 Å². The van der Waals surface area contributed by atoms with E-state index in [9.17, 15) is 9.59 Å². The van der Waals surface area contributed by atoms with E-state index >= 15 is 0 Å². The highest BCUT2D eigenvalue weighted by atomic mass is 16.5. The summed E-state index contributed by atoms with van der Waals surface area (Å²) in [6, 6.07) is 27.5. The van der Waals surface area contributed by atoms with Gasteiger partial charge >= 0.3 is 0 Å². The van der Waals surface area contributed by atoms with Gasteiger partial charge < -0.3 is 14.5 Å². The standard InChI is InChI=1S/C33H30N4O4/c1-3-4-18-40-26-10-7-9-24(20-26)30-21-28(27-11-5-6-12-29(27)35-30)32(38)37-36-22(2)23-14-16-25(17-15-23)34-33(39)31-13-8-19-41-31/h5-17,19-21H,3-4,18H2,1-2H3,(H,34,39)(H,37,38)/b36-22-. The second-order valence-electron chi connectivity index (χ2n) is 9.45. The Hall–Kier alpha value is -5.24. The number of nitrogens with one attached hydrogen (secondary N) is 2. The molecule has 0 atom stereocenters. The van der Waals surface area contributed by atoms with Gasteiger partial charge in [-0.15, -0.1) is 0 Å². The Morgan fingerprint density at radius 2 is 1.76 bits per heavy atom. The van der Waals surface area contributed by atoms with Crippen LogP contribution < -0.4 is 15.5 Å². The molecule has 0 fully saturated rings. The third-order valence-corrected chi connectivity index (χ3v) is 6.49. The van der Waals surface area contributed by atoms with E-state index in [1.54, 1.807) is 37.3 Å². The third-order valence-electron chi connectivity index (χ3n) is 6.49. The summed E-state index contributed by atoms with van der Waals surface area (Å²) in [5, 5.41) is 7.85. The third kappa shape index (κ3) is 6.67. The van der Waals surface area contributed by atoms with Crippen molar-refractivity contribution in [2.45, 2.75) is 26.7 Å². The van der Waals surface area contributed by atoms with Gasteiger partial charge in [-0.05, 0) is 67.4 Å². The second-order valence-corrected chi connectivity index (χ2v) is 9.45. The highest BCUT2D eigenvalue weighted by Gasteiger charge is 2.15. The lowest BCUT2D eigenvalue weighted by atomic mass is 10.0. The predicted molar refractivity (Wildman–Crippen MR) is 160 cm³/mol. The maximum atomic E-state index is 13.4. The number of aromatic nitrogens is 1. The molecule has 0 aliphatic carbocycles. The first-order valence-electron chi connectivity index (χ1n) is 13.4. The Kier molecular flexibility index (Phi) is 8.49. The summed E-state index contributed by atoms with van der Waals surface area (Å²) in [6.45, 7) is 4.58. The van der Waals surface area contributed by atoms with Gasteiger partial charge in [0.25, 0.3) is 11.8 Å². The van der Waals surface area contributed by atoms with Crippen LogP contribution in [-0.4, -0.2) is 29.1 Å². The molecule has 206 valence electrons. The molecule has 2 N–H and O–H groups in total. The van der Waals surface area contributed by atoms with Gasteiger partial charge in [-0.2, -0.15) is 5.10 Å². The smallest absolute Gasteiger partial charge is 0.291 e. The number of ether oxygens (including phenoxy) is 1. The van der Waals surface area contributed by atoms with Crippen LogP contribution in [0.5, 0.6) is 5.75 Å². The Labute approximate surface area is 238 Å². The van der Waals surface area contributed by atoms with E-state index in [1.165, 1.54) is 6.26 Å². The van der Waals surface area contributed by atoms with E-state index in [0.717, 1.165) is 35.1 Å². The number of hydrogen-bond donors (Lipinski definition) is 2. The fraction of sp³-hybridized carbons (Fsp3) is 0.152. The van der Waals surface area contributed by atoms with Crippen LogP contribution in [0.15, 0.2) is 107 Å². The molecule has 0 bridgehead atoms. The molecule has 0 spiro atoms. The van der Waals surface area contributed by atoms with Crippen LogP contribution in [-0.2, 0) is 0 Å². The number of pyridine rings is 1. The molecule has 41 heavy (non-hydrogen) atoms. The summed E-state index contributed by atoms with van der Waals surface area (Å²) < 4.78 is 11.0. The number of hydrazone groups is 1. The molecule has 3 aromatic carbocycles. The van der Waals surface area contributed by atoms with Crippen LogP contribution >= 0.6 is 0 Å². The van der Waals surface area contributed by atoms with Gasteiger partial charge in [0.15, 0.2) is 5.76 Å². The zero-order valence-electron chi connectivity index (χ0n) is 22.9. The van der Waals surface area contributed by atoms with Crippen molar-refractivity contribution in [1.29, 1.82) is 0 Å². The van der Waals surface area contributed by atoms with Crippen molar-refractivity contribution in [3.8, 4) is 17.0 Å². The quantitative estimate of drug-likeness (QED) is 0.111. The minimum Gasteiger partial charge on any atom is -0.494 e. The lowest BCUT2D eigenvalue weighted by Crippen LogP contribution is -2.20. The van der Waals surface area contributed by atoms with Crippen LogP contribution in [0, 0.1) is 0 Å². The first-order valence-corrected chi connectivity index (χ1v) is 13.4. The fourth-order valence-electron chi connectivity index (χ4n) is 4.25. The van der Waals surface area contributed by atoms with E-state index in [0.29, 0.717) is 34.8 Å². The average molecular weight is 547 g/mol. The molecule has 5 aromatic rings. The minimum atomic E-state index is -0.345. The Morgan fingerprint density at radius 1 is 0.927 bits per heavy atom. The summed E-state index contributed by atoms with van der Waals surface area (Å²) in [5.74, 6) is 0.319. The van der Waals surface area contributed by atoms with Crippen LogP contribution in [0.4, 0.5) is 5.69 Å². The van der Waals surface area contributed by atoms with Gasteiger partial charge in [0.1, 0.15) is 5.75 Å². The maximum absolute atomic E-state index is 13.4. The average Bonchev–Trinajstić information content (AvgIpc) is 3.55. The normalized spacial score (nSPS) is 11.3. The lowest BCUT2D eigenvalue weighted by molar-refractivity contribution is 0.0955. The van der Waals surface area contributed by atoms with Crippen molar-refractivity contribution in [3.63, 3.8) is 0 Å². The second kappa shape index (κ2) is 12.7. The summed E-state index contributed by atoms with van der Waals surface area (Å²) in [6.07, 6.45) is 3.49. The van der Waals surface area contributed by atoms with Crippen LogP contribution in [0.1, 0.15) is 53.2 Å². The van der Waals surface area contributed by atoms with Gasteiger partial charge in [0, 0.05) is 16.6 Å². The fourth-order valence-corrected chi connectivity index (χ4v) is 4.25. The first kappa shape index (κ1) is 27.3. The Morgan fingerprint density at radius 3 is 2.54 bits per heavy atom. The number of carbonyl (C=O) groups is 2. The van der Waals surface area contributed by atoms with E-state index < -0.39 is 0 Å². The van der Waals surface area contributed by atoms with Gasteiger partial charge in [0.2, 0.25) is 0 Å². The summed E-state index contributed by atoms with van der Waals surface area (Å²) in [5.41, 5.74) is 7.41. The van der Waals surface area contributed by atoms with E-state index in [1.807, 2.05) is 60.7 Å². The number of amides is 2. The lowest BCUT2D eigenvalue weighted by Gasteiger charge is -2.11. The van der Waals surface area contributed by atoms with Crippen molar-refractivity contribution < 1.29 is 18.7 Å². The number of fused-ring (bicyclic) bond motifs is 1. The molecule has 0 aliphatic rings. The molecule has 8 heteroatoms.